The van der Waals surface area contributed by atoms with Crippen molar-refractivity contribution in [3.05, 3.63) is 0 Å². The van der Waals surface area contributed by atoms with Crippen molar-refractivity contribution >= 4 is 11.9 Å². The highest BCUT2D eigenvalue weighted by Gasteiger charge is 1.96. The molecular weight excluding hydrogens is 264 g/mol. The van der Waals surface area contributed by atoms with Crippen LogP contribution in [0.4, 0.5) is 0 Å². The molecule has 0 aliphatic rings. The number of ether oxygens (including phenoxy) is 4. The smallest absolute Gasteiger partial charge is 0.385 e. The van der Waals surface area contributed by atoms with Crippen LogP contribution in [0.15, 0.2) is 0 Å². The third-order valence-corrected chi connectivity index (χ3v) is 1.72. The van der Waals surface area contributed by atoms with Crippen LogP contribution < -0.4 is 0 Å². The van der Waals surface area contributed by atoms with E-state index in [1.807, 2.05) is 13.8 Å². The van der Waals surface area contributed by atoms with E-state index in [4.69, 9.17) is 18.9 Å². The van der Waals surface area contributed by atoms with Gasteiger partial charge in [-0.1, -0.05) is 0 Å². The molecule has 0 amide bonds. The second-order valence-electron chi connectivity index (χ2n) is 3.17. The zero-order valence-corrected chi connectivity index (χ0v) is 11.7. The molecule has 0 spiro atoms. The van der Waals surface area contributed by atoms with Crippen molar-refractivity contribution in [2.24, 2.45) is 0 Å². The summed E-state index contributed by atoms with van der Waals surface area (Å²) >= 11 is 0. The van der Waals surface area contributed by atoms with E-state index < -0.39 is 11.9 Å². The third kappa shape index (κ3) is 12.4. The monoisotopic (exact) mass is 282 g/mol. The SMILES string of the molecule is CCOCCOC(=O)C#CC#CC(=O)OCCOCC. The Hall–Kier alpha value is -2.02. The van der Waals surface area contributed by atoms with Gasteiger partial charge in [-0.3, -0.25) is 0 Å². The minimum absolute atomic E-state index is 0.133. The normalized spacial score (nSPS) is 8.70. The molecule has 0 rings (SSSR count). The van der Waals surface area contributed by atoms with Crippen molar-refractivity contribution in [3.8, 4) is 23.7 Å². The van der Waals surface area contributed by atoms with Crippen molar-refractivity contribution in [2.45, 2.75) is 13.8 Å². The minimum atomic E-state index is -0.719. The maximum Gasteiger partial charge on any atom is 0.385 e. The number of hydrogen-bond donors (Lipinski definition) is 0. The lowest BCUT2D eigenvalue weighted by atomic mass is 10.5. The van der Waals surface area contributed by atoms with Crippen LogP contribution in [0.25, 0.3) is 0 Å². The van der Waals surface area contributed by atoms with Gasteiger partial charge in [0.15, 0.2) is 0 Å². The summed E-state index contributed by atoms with van der Waals surface area (Å²) in [6.45, 7) is 5.70. The molecule has 0 radical (unpaired) electrons. The average Bonchev–Trinajstić information content (AvgIpc) is 2.44. The summed E-state index contributed by atoms with van der Waals surface area (Å²) in [6, 6.07) is 0. The molecule has 0 unspecified atom stereocenters. The van der Waals surface area contributed by atoms with Crippen molar-refractivity contribution in [3.63, 3.8) is 0 Å². The van der Waals surface area contributed by atoms with Crippen LogP contribution in [0.2, 0.25) is 0 Å². The minimum Gasteiger partial charge on any atom is -0.454 e. The van der Waals surface area contributed by atoms with Gasteiger partial charge in [-0.05, 0) is 25.7 Å². The van der Waals surface area contributed by atoms with Gasteiger partial charge in [-0.2, -0.15) is 0 Å². The quantitative estimate of drug-likeness (QED) is 0.273. The van der Waals surface area contributed by atoms with Crippen molar-refractivity contribution < 1.29 is 28.5 Å². The lowest BCUT2D eigenvalue weighted by Gasteiger charge is -1.99. The van der Waals surface area contributed by atoms with E-state index in [0.717, 1.165) is 0 Å². The highest BCUT2D eigenvalue weighted by atomic mass is 16.6. The number of esters is 2. The molecule has 0 bridgehead atoms. The first-order valence-corrected chi connectivity index (χ1v) is 6.21. The Morgan fingerprint density at radius 1 is 0.750 bits per heavy atom. The van der Waals surface area contributed by atoms with Gasteiger partial charge in [0.25, 0.3) is 0 Å². The molecule has 0 aromatic rings. The van der Waals surface area contributed by atoms with Gasteiger partial charge < -0.3 is 18.9 Å². The van der Waals surface area contributed by atoms with Gasteiger partial charge in [0.05, 0.1) is 13.2 Å². The fraction of sp³-hybridized carbons (Fsp3) is 0.571. The molecule has 0 aliphatic carbocycles. The lowest BCUT2D eigenvalue weighted by molar-refractivity contribution is -0.139. The molecule has 0 aliphatic heterocycles. The van der Waals surface area contributed by atoms with E-state index in [1.54, 1.807) is 0 Å². The Kier molecular flexibility index (Phi) is 12.1. The van der Waals surface area contributed by atoms with Crippen LogP contribution in [-0.4, -0.2) is 51.6 Å². The Bertz CT molecular complexity index is 367. The van der Waals surface area contributed by atoms with E-state index in [9.17, 15) is 9.59 Å². The molecule has 0 N–H and O–H groups in total. The Labute approximate surface area is 118 Å². The van der Waals surface area contributed by atoms with Crippen molar-refractivity contribution in [1.82, 2.24) is 0 Å². The first kappa shape index (κ1) is 18.0. The highest BCUT2D eigenvalue weighted by Crippen LogP contribution is 1.80. The summed E-state index contributed by atoms with van der Waals surface area (Å²) in [7, 11) is 0. The molecule has 0 heterocycles. The van der Waals surface area contributed by atoms with E-state index >= 15 is 0 Å². The second kappa shape index (κ2) is 13.4. The standard InChI is InChI=1S/C14H18O6/c1-3-17-9-11-19-13(15)7-5-6-8-14(16)20-12-10-18-4-2/h3-4,9-12H2,1-2H3. The zero-order chi connectivity index (χ0) is 15.1. The van der Waals surface area contributed by atoms with Crippen LogP contribution in [0, 0.1) is 23.7 Å². The summed E-state index contributed by atoms with van der Waals surface area (Å²) in [5.41, 5.74) is 0. The highest BCUT2D eigenvalue weighted by molar-refractivity contribution is 5.91. The fourth-order valence-corrected chi connectivity index (χ4v) is 0.912. The predicted octanol–water partition coefficient (Wildman–Crippen LogP) is 0.153. The topological polar surface area (TPSA) is 71.1 Å². The van der Waals surface area contributed by atoms with Crippen molar-refractivity contribution in [2.75, 3.05) is 39.6 Å². The fourth-order valence-electron chi connectivity index (χ4n) is 0.912. The molecule has 110 valence electrons. The van der Waals surface area contributed by atoms with Gasteiger partial charge in [0.2, 0.25) is 0 Å². The predicted molar refractivity (Wildman–Crippen MR) is 70.5 cm³/mol. The summed E-state index contributed by atoms with van der Waals surface area (Å²) < 4.78 is 19.4. The average molecular weight is 282 g/mol. The van der Waals surface area contributed by atoms with Gasteiger partial charge in [0.1, 0.15) is 13.2 Å². The number of carbonyl (C=O) groups is 2. The van der Waals surface area contributed by atoms with E-state index in [-0.39, 0.29) is 13.2 Å². The van der Waals surface area contributed by atoms with Crippen LogP contribution in [0.5, 0.6) is 0 Å². The number of rotatable bonds is 8. The zero-order valence-electron chi connectivity index (χ0n) is 11.7. The molecule has 0 atom stereocenters. The Morgan fingerprint density at radius 3 is 1.50 bits per heavy atom. The van der Waals surface area contributed by atoms with Gasteiger partial charge >= 0.3 is 11.9 Å². The third-order valence-electron chi connectivity index (χ3n) is 1.72. The molecular formula is C14H18O6. The number of carbonyl (C=O) groups excluding carboxylic acids is 2. The summed E-state index contributed by atoms with van der Waals surface area (Å²) in [4.78, 5) is 22.1. The summed E-state index contributed by atoms with van der Waals surface area (Å²) in [5.74, 6) is 7.20. The summed E-state index contributed by atoms with van der Waals surface area (Å²) in [6.07, 6.45) is 0. The molecule has 0 aromatic carbocycles. The first-order valence-electron chi connectivity index (χ1n) is 6.21. The summed E-state index contributed by atoms with van der Waals surface area (Å²) in [5, 5.41) is 0. The van der Waals surface area contributed by atoms with Gasteiger partial charge in [-0.25, -0.2) is 9.59 Å². The molecule has 6 heteroatoms. The van der Waals surface area contributed by atoms with E-state index in [1.165, 1.54) is 0 Å². The number of hydrogen-bond acceptors (Lipinski definition) is 6. The molecule has 6 nitrogen and oxygen atoms in total. The molecule has 0 saturated heterocycles. The largest absolute Gasteiger partial charge is 0.454 e. The lowest BCUT2D eigenvalue weighted by Crippen LogP contribution is -2.09. The van der Waals surface area contributed by atoms with Crippen LogP contribution in [-0.2, 0) is 28.5 Å². The van der Waals surface area contributed by atoms with Crippen molar-refractivity contribution in [1.29, 1.82) is 0 Å². The molecule has 0 aromatic heterocycles. The Morgan fingerprint density at radius 2 is 1.15 bits per heavy atom. The van der Waals surface area contributed by atoms with Gasteiger partial charge in [0, 0.05) is 25.1 Å². The second-order valence-corrected chi connectivity index (χ2v) is 3.17. The Balaban J connectivity index is 3.80. The molecule has 0 saturated carbocycles. The van der Waals surface area contributed by atoms with Crippen LogP contribution in [0.3, 0.4) is 0 Å². The van der Waals surface area contributed by atoms with Crippen LogP contribution in [0.1, 0.15) is 13.8 Å². The van der Waals surface area contributed by atoms with E-state index in [0.29, 0.717) is 26.4 Å². The van der Waals surface area contributed by atoms with Crippen LogP contribution >= 0.6 is 0 Å². The molecule has 0 fully saturated rings. The van der Waals surface area contributed by atoms with E-state index in [2.05, 4.69) is 23.7 Å². The first-order chi connectivity index (χ1) is 9.70. The maximum atomic E-state index is 11.0. The molecule has 20 heavy (non-hydrogen) atoms. The van der Waals surface area contributed by atoms with Gasteiger partial charge in [-0.15, -0.1) is 0 Å². The maximum absolute atomic E-state index is 11.0.